The molecule has 0 aromatic heterocycles. The van der Waals surface area contributed by atoms with E-state index in [1.165, 1.54) is 18.2 Å². The molecular formula is C11H8ClFN4. The van der Waals surface area contributed by atoms with Gasteiger partial charge in [0.25, 0.3) is 0 Å². The number of allylic oxidation sites excluding steroid dienone is 2. The summed E-state index contributed by atoms with van der Waals surface area (Å²) in [4.78, 5) is 0. The lowest BCUT2D eigenvalue weighted by Gasteiger charge is -2.08. The topological polar surface area (TPSA) is 85.6 Å². The van der Waals surface area contributed by atoms with Crippen molar-refractivity contribution in [1.82, 2.24) is 5.32 Å². The third-order valence-electron chi connectivity index (χ3n) is 2.01. The second kappa shape index (κ2) is 5.74. The molecule has 1 aromatic carbocycles. The number of rotatable bonds is 3. The van der Waals surface area contributed by atoms with E-state index in [4.69, 9.17) is 27.9 Å². The second-order valence-electron chi connectivity index (χ2n) is 3.07. The van der Waals surface area contributed by atoms with Crippen LogP contribution in [0.1, 0.15) is 5.56 Å². The Morgan fingerprint density at radius 3 is 2.65 bits per heavy atom. The summed E-state index contributed by atoms with van der Waals surface area (Å²) < 4.78 is 13.4. The smallest absolute Gasteiger partial charge is 0.148 e. The molecule has 86 valence electrons. The number of nitrogens with one attached hydrogen (secondary N) is 1. The third-order valence-corrected chi connectivity index (χ3v) is 2.36. The van der Waals surface area contributed by atoms with E-state index in [0.717, 1.165) is 0 Å². The van der Waals surface area contributed by atoms with Gasteiger partial charge in [0.2, 0.25) is 0 Å². The van der Waals surface area contributed by atoms with Gasteiger partial charge in [-0.2, -0.15) is 10.5 Å². The lowest BCUT2D eigenvalue weighted by Crippen LogP contribution is -2.17. The third kappa shape index (κ3) is 3.10. The van der Waals surface area contributed by atoms with E-state index in [1.54, 1.807) is 12.1 Å². The van der Waals surface area contributed by atoms with Gasteiger partial charge < -0.3 is 11.1 Å². The van der Waals surface area contributed by atoms with Crippen molar-refractivity contribution in [3.05, 3.63) is 46.0 Å². The Hall–Kier alpha value is -2.24. The largest absolute Gasteiger partial charge is 0.388 e. The lowest BCUT2D eigenvalue weighted by atomic mass is 10.2. The number of hydrogen-bond donors (Lipinski definition) is 2. The van der Waals surface area contributed by atoms with Crippen molar-refractivity contribution in [3.63, 3.8) is 0 Å². The number of nitriles is 2. The van der Waals surface area contributed by atoms with Gasteiger partial charge in [0.1, 0.15) is 29.3 Å². The monoisotopic (exact) mass is 250 g/mol. The van der Waals surface area contributed by atoms with Gasteiger partial charge in [-0.1, -0.05) is 17.7 Å². The molecule has 0 aliphatic rings. The molecule has 3 N–H and O–H groups in total. The fraction of sp³-hybridized carbons (Fsp3) is 0.0909. The Kier molecular flexibility index (Phi) is 4.33. The molecule has 0 atom stereocenters. The maximum absolute atomic E-state index is 13.4. The normalized spacial score (nSPS) is 11.1. The molecule has 4 nitrogen and oxygen atoms in total. The molecule has 0 spiro atoms. The van der Waals surface area contributed by atoms with Crippen LogP contribution in [0.5, 0.6) is 0 Å². The van der Waals surface area contributed by atoms with Crippen LogP contribution in [0.25, 0.3) is 0 Å². The first kappa shape index (κ1) is 12.8. The van der Waals surface area contributed by atoms with Gasteiger partial charge in [0, 0.05) is 17.1 Å². The molecule has 17 heavy (non-hydrogen) atoms. The molecule has 0 heterocycles. The minimum atomic E-state index is -0.488. The summed E-state index contributed by atoms with van der Waals surface area (Å²) in [6, 6.07) is 7.61. The predicted molar refractivity (Wildman–Crippen MR) is 60.7 cm³/mol. The van der Waals surface area contributed by atoms with Crippen molar-refractivity contribution in [2.45, 2.75) is 6.54 Å². The molecule has 0 amide bonds. The molecule has 1 aromatic rings. The van der Waals surface area contributed by atoms with E-state index in [-0.39, 0.29) is 28.5 Å². The van der Waals surface area contributed by atoms with Gasteiger partial charge in [-0.15, -0.1) is 0 Å². The molecule has 0 saturated carbocycles. The molecule has 0 bridgehead atoms. The maximum Gasteiger partial charge on any atom is 0.148 e. The van der Waals surface area contributed by atoms with Crippen molar-refractivity contribution >= 4 is 11.6 Å². The summed E-state index contributed by atoms with van der Waals surface area (Å²) in [5.41, 5.74) is 5.14. The van der Waals surface area contributed by atoms with Crippen LogP contribution in [0.3, 0.4) is 0 Å². The summed E-state index contributed by atoms with van der Waals surface area (Å²) >= 11 is 5.79. The van der Waals surface area contributed by atoms with Gasteiger partial charge in [-0.25, -0.2) is 4.39 Å². The van der Waals surface area contributed by atoms with E-state index in [9.17, 15) is 4.39 Å². The molecule has 0 aliphatic carbocycles. The van der Waals surface area contributed by atoms with Crippen LogP contribution < -0.4 is 11.1 Å². The van der Waals surface area contributed by atoms with E-state index in [2.05, 4.69) is 5.32 Å². The number of halogens is 2. The molecule has 0 fully saturated rings. The Labute approximate surface area is 103 Å². The number of benzene rings is 1. The highest BCUT2D eigenvalue weighted by molar-refractivity contribution is 6.31. The Morgan fingerprint density at radius 1 is 1.41 bits per heavy atom. The highest BCUT2D eigenvalue weighted by Gasteiger charge is 2.08. The number of hydrogen-bond acceptors (Lipinski definition) is 4. The van der Waals surface area contributed by atoms with Crippen LogP contribution >= 0.6 is 11.6 Å². The van der Waals surface area contributed by atoms with Crippen molar-refractivity contribution in [1.29, 1.82) is 10.5 Å². The quantitative estimate of drug-likeness (QED) is 0.801. The average Bonchev–Trinajstić information content (AvgIpc) is 2.32. The van der Waals surface area contributed by atoms with Crippen LogP contribution in [-0.4, -0.2) is 0 Å². The fourth-order valence-electron chi connectivity index (χ4n) is 1.13. The average molecular weight is 251 g/mol. The van der Waals surface area contributed by atoms with Gasteiger partial charge >= 0.3 is 0 Å². The molecule has 1 rings (SSSR count). The Bertz CT molecular complexity index is 519. The summed E-state index contributed by atoms with van der Waals surface area (Å²) in [6.07, 6.45) is 0. The van der Waals surface area contributed by atoms with Crippen molar-refractivity contribution in [3.8, 4) is 12.1 Å². The lowest BCUT2D eigenvalue weighted by molar-refractivity contribution is 0.602. The van der Waals surface area contributed by atoms with Crippen LogP contribution in [0, 0.1) is 28.5 Å². The molecule has 0 saturated heterocycles. The predicted octanol–water partition coefficient (Wildman–Crippen LogP) is 1.79. The first-order valence-corrected chi connectivity index (χ1v) is 4.94. The maximum atomic E-state index is 13.4. The standard InChI is InChI=1S/C11H8ClFN4/c12-8-2-1-3-9(13)7(8)6-17-11(5-15)10(16)4-14/h1-3,17H,6,16H2/b11-10+. The first-order valence-electron chi connectivity index (χ1n) is 4.56. The fourth-order valence-corrected chi connectivity index (χ4v) is 1.36. The number of nitrogens with two attached hydrogens (primary N) is 1. The zero-order valence-corrected chi connectivity index (χ0v) is 9.42. The highest BCUT2D eigenvalue weighted by atomic mass is 35.5. The summed E-state index contributed by atoms with van der Waals surface area (Å²) in [6.45, 7) is -0.0171. The Morgan fingerprint density at radius 2 is 2.12 bits per heavy atom. The van der Waals surface area contributed by atoms with Crippen LogP contribution in [0.4, 0.5) is 4.39 Å². The SMILES string of the molecule is N#C/C(N)=C(/C#N)NCc1c(F)cccc1Cl. The van der Waals surface area contributed by atoms with E-state index in [1.807, 2.05) is 0 Å². The highest BCUT2D eigenvalue weighted by Crippen LogP contribution is 2.18. The van der Waals surface area contributed by atoms with E-state index < -0.39 is 5.82 Å². The van der Waals surface area contributed by atoms with Gasteiger partial charge in [-0.3, -0.25) is 0 Å². The van der Waals surface area contributed by atoms with Gasteiger partial charge in [0.05, 0.1) is 0 Å². The van der Waals surface area contributed by atoms with E-state index >= 15 is 0 Å². The summed E-state index contributed by atoms with van der Waals surface area (Å²) in [5.74, 6) is -0.488. The number of nitrogens with zero attached hydrogens (tertiary/aromatic N) is 2. The molecule has 0 radical (unpaired) electrons. The van der Waals surface area contributed by atoms with Crippen molar-refractivity contribution < 1.29 is 4.39 Å². The zero-order chi connectivity index (χ0) is 12.8. The van der Waals surface area contributed by atoms with Crippen molar-refractivity contribution in [2.75, 3.05) is 0 Å². The summed E-state index contributed by atoms with van der Waals surface area (Å²) in [5, 5.41) is 20.0. The first-order chi connectivity index (χ1) is 8.10. The molecular weight excluding hydrogens is 243 g/mol. The van der Waals surface area contributed by atoms with Gasteiger partial charge in [-0.05, 0) is 12.1 Å². The minimum absolute atomic E-state index is 0.0171. The van der Waals surface area contributed by atoms with Crippen LogP contribution in [0.15, 0.2) is 29.6 Å². The Balaban J connectivity index is 2.89. The molecule has 6 heteroatoms. The van der Waals surface area contributed by atoms with Crippen molar-refractivity contribution in [2.24, 2.45) is 5.73 Å². The summed E-state index contributed by atoms with van der Waals surface area (Å²) in [7, 11) is 0. The van der Waals surface area contributed by atoms with Crippen LogP contribution in [-0.2, 0) is 6.54 Å². The van der Waals surface area contributed by atoms with Crippen LogP contribution in [0.2, 0.25) is 5.02 Å². The molecule has 0 aliphatic heterocycles. The second-order valence-corrected chi connectivity index (χ2v) is 3.47. The van der Waals surface area contributed by atoms with Gasteiger partial charge in [0.15, 0.2) is 0 Å². The zero-order valence-electron chi connectivity index (χ0n) is 8.67. The molecule has 0 unspecified atom stereocenters. The van der Waals surface area contributed by atoms with E-state index in [0.29, 0.717) is 0 Å². The minimum Gasteiger partial charge on any atom is -0.388 e.